The molecule has 4 heteroatoms. The molecule has 1 fully saturated rings. The average molecular weight is 291 g/mol. The van der Waals surface area contributed by atoms with Crippen LogP contribution >= 0.6 is 0 Å². The third-order valence-electron chi connectivity index (χ3n) is 4.69. The van der Waals surface area contributed by atoms with Gasteiger partial charge in [-0.2, -0.15) is 0 Å². The molecule has 1 aliphatic carbocycles. The van der Waals surface area contributed by atoms with E-state index in [-0.39, 0.29) is 17.9 Å². The van der Waals surface area contributed by atoms with E-state index < -0.39 is 5.97 Å². The Morgan fingerprint density at radius 3 is 2.62 bits per heavy atom. The average Bonchev–Trinajstić information content (AvgIpc) is 2.85. The number of hydrogen-bond donors (Lipinski definition) is 2. The van der Waals surface area contributed by atoms with Crippen LogP contribution in [0.2, 0.25) is 0 Å². The van der Waals surface area contributed by atoms with E-state index in [0.29, 0.717) is 0 Å². The molecule has 2 rings (SSSR count). The summed E-state index contributed by atoms with van der Waals surface area (Å²) in [5, 5.41) is 9.18. The van der Waals surface area contributed by atoms with Crippen LogP contribution in [0.1, 0.15) is 55.7 Å². The predicted octanol–water partition coefficient (Wildman–Crippen LogP) is 3.43. The maximum absolute atomic E-state index is 11.2. The van der Waals surface area contributed by atoms with Gasteiger partial charge in [-0.25, -0.2) is 0 Å². The Morgan fingerprint density at radius 2 is 2.10 bits per heavy atom. The van der Waals surface area contributed by atoms with Gasteiger partial charge in [0.25, 0.3) is 0 Å². The third kappa shape index (κ3) is 3.76. The van der Waals surface area contributed by atoms with Gasteiger partial charge in [-0.05, 0) is 48.8 Å². The summed E-state index contributed by atoms with van der Waals surface area (Å²) >= 11 is 0. The highest BCUT2D eigenvalue weighted by atomic mass is 16.5. The third-order valence-corrected chi connectivity index (χ3v) is 4.69. The van der Waals surface area contributed by atoms with Gasteiger partial charge in [0.05, 0.1) is 13.5 Å². The fourth-order valence-corrected chi connectivity index (χ4v) is 3.62. The molecule has 0 amide bonds. The van der Waals surface area contributed by atoms with E-state index in [0.717, 1.165) is 49.0 Å². The highest BCUT2D eigenvalue weighted by molar-refractivity contribution is 5.67. The summed E-state index contributed by atoms with van der Waals surface area (Å²) in [6.07, 6.45) is 5.15. The number of carboxylic acids is 1. The molecule has 1 aliphatic rings. The minimum atomic E-state index is -0.713. The van der Waals surface area contributed by atoms with E-state index in [9.17, 15) is 9.90 Å². The summed E-state index contributed by atoms with van der Waals surface area (Å²) in [5.74, 6) is 0.141. The summed E-state index contributed by atoms with van der Waals surface area (Å²) in [7, 11) is 1.66. The molecule has 0 spiro atoms. The molecule has 1 atom stereocenters. The SMILES string of the molecule is COc1ccc(C(N)CC2(CC(=O)O)CCCC2)cc1C. The van der Waals surface area contributed by atoms with Crippen molar-refractivity contribution < 1.29 is 14.6 Å². The van der Waals surface area contributed by atoms with Crippen LogP contribution in [-0.2, 0) is 4.79 Å². The molecule has 1 aromatic rings. The van der Waals surface area contributed by atoms with Crippen molar-refractivity contribution in [2.75, 3.05) is 7.11 Å². The van der Waals surface area contributed by atoms with Crippen LogP contribution in [0.15, 0.2) is 18.2 Å². The standard InChI is InChI=1S/C17H25NO3/c1-12-9-13(5-6-15(12)21-2)14(18)10-17(11-16(19)20)7-3-4-8-17/h5-6,9,14H,3-4,7-8,10-11,18H2,1-2H3,(H,19,20). The van der Waals surface area contributed by atoms with E-state index in [1.54, 1.807) is 7.11 Å². The van der Waals surface area contributed by atoms with Gasteiger partial charge in [-0.3, -0.25) is 4.79 Å². The number of carbonyl (C=O) groups is 1. The van der Waals surface area contributed by atoms with Crippen LogP contribution in [-0.4, -0.2) is 18.2 Å². The van der Waals surface area contributed by atoms with Crippen molar-refractivity contribution in [1.82, 2.24) is 0 Å². The van der Waals surface area contributed by atoms with Crippen LogP contribution < -0.4 is 10.5 Å². The molecule has 0 saturated heterocycles. The number of hydrogen-bond acceptors (Lipinski definition) is 3. The fourth-order valence-electron chi connectivity index (χ4n) is 3.62. The van der Waals surface area contributed by atoms with Crippen LogP contribution in [0, 0.1) is 12.3 Å². The number of ether oxygens (including phenoxy) is 1. The van der Waals surface area contributed by atoms with Crippen LogP contribution in [0.25, 0.3) is 0 Å². The number of aryl methyl sites for hydroxylation is 1. The van der Waals surface area contributed by atoms with Crippen LogP contribution in [0.5, 0.6) is 5.75 Å². The maximum atomic E-state index is 11.2. The van der Waals surface area contributed by atoms with Crippen molar-refractivity contribution in [3.63, 3.8) is 0 Å². The molecule has 1 saturated carbocycles. The minimum Gasteiger partial charge on any atom is -0.496 e. The minimum absolute atomic E-state index is 0.118. The van der Waals surface area contributed by atoms with E-state index in [1.807, 2.05) is 25.1 Å². The van der Waals surface area contributed by atoms with Gasteiger partial charge in [-0.15, -0.1) is 0 Å². The first-order chi connectivity index (χ1) is 9.96. The van der Waals surface area contributed by atoms with Gasteiger partial charge < -0.3 is 15.6 Å². The summed E-state index contributed by atoms with van der Waals surface area (Å²) in [5.41, 5.74) is 8.36. The summed E-state index contributed by atoms with van der Waals surface area (Å²) in [4.78, 5) is 11.2. The molecule has 1 aromatic carbocycles. The van der Waals surface area contributed by atoms with E-state index >= 15 is 0 Å². The quantitative estimate of drug-likeness (QED) is 0.842. The Labute approximate surface area is 126 Å². The molecule has 116 valence electrons. The fraction of sp³-hybridized carbons (Fsp3) is 0.588. The molecule has 1 unspecified atom stereocenters. The zero-order valence-electron chi connectivity index (χ0n) is 12.9. The number of nitrogens with two attached hydrogens (primary N) is 1. The molecule has 0 aromatic heterocycles. The molecule has 21 heavy (non-hydrogen) atoms. The molecule has 0 radical (unpaired) electrons. The van der Waals surface area contributed by atoms with Gasteiger partial charge in [-0.1, -0.05) is 25.0 Å². The van der Waals surface area contributed by atoms with Gasteiger partial charge in [0, 0.05) is 6.04 Å². The predicted molar refractivity (Wildman–Crippen MR) is 82.4 cm³/mol. The smallest absolute Gasteiger partial charge is 0.303 e. The normalized spacial score (nSPS) is 18.4. The zero-order chi connectivity index (χ0) is 15.5. The first kappa shape index (κ1) is 15.8. The van der Waals surface area contributed by atoms with E-state index in [4.69, 9.17) is 10.5 Å². The molecule has 0 aliphatic heterocycles. The lowest BCUT2D eigenvalue weighted by Crippen LogP contribution is -2.27. The van der Waals surface area contributed by atoms with E-state index in [1.165, 1.54) is 0 Å². The lowest BCUT2D eigenvalue weighted by Gasteiger charge is -2.30. The van der Waals surface area contributed by atoms with Gasteiger partial charge in [0.1, 0.15) is 5.75 Å². The first-order valence-electron chi connectivity index (χ1n) is 7.58. The number of carboxylic acid groups (broad SMARTS) is 1. The number of benzene rings is 1. The molecular formula is C17H25NO3. The number of methoxy groups -OCH3 is 1. The Hall–Kier alpha value is -1.55. The van der Waals surface area contributed by atoms with Gasteiger partial charge >= 0.3 is 5.97 Å². The second-order valence-corrected chi connectivity index (χ2v) is 6.32. The molecule has 0 heterocycles. The first-order valence-corrected chi connectivity index (χ1v) is 7.58. The number of aliphatic carboxylic acids is 1. The molecular weight excluding hydrogens is 266 g/mol. The second-order valence-electron chi connectivity index (χ2n) is 6.32. The van der Waals surface area contributed by atoms with Gasteiger partial charge in [0.2, 0.25) is 0 Å². The molecule has 3 N–H and O–H groups in total. The topological polar surface area (TPSA) is 72.5 Å². The Morgan fingerprint density at radius 1 is 1.43 bits per heavy atom. The lowest BCUT2D eigenvalue weighted by molar-refractivity contribution is -0.139. The molecule has 4 nitrogen and oxygen atoms in total. The van der Waals surface area contributed by atoms with Crippen molar-refractivity contribution >= 4 is 5.97 Å². The highest BCUT2D eigenvalue weighted by Crippen LogP contribution is 2.46. The molecule has 0 bridgehead atoms. The van der Waals surface area contributed by atoms with Crippen molar-refractivity contribution in [3.8, 4) is 5.75 Å². The Bertz CT molecular complexity index is 507. The van der Waals surface area contributed by atoms with Crippen LogP contribution in [0.4, 0.5) is 0 Å². The van der Waals surface area contributed by atoms with Crippen molar-refractivity contribution in [2.24, 2.45) is 11.1 Å². The van der Waals surface area contributed by atoms with Crippen molar-refractivity contribution in [2.45, 2.75) is 51.5 Å². The Balaban J connectivity index is 2.13. The zero-order valence-corrected chi connectivity index (χ0v) is 12.9. The second kappa shape index (κ2) is 6.48. The Kier molecular flexibility index (Phi) is 4.88. The monoisotopic (exact) mass is 291 g/mol. The highest BCUT2D eigenvalue weighted by Gasteiger charge is 2.37. The summed E-state index contributed by atoms with van der Waals surface area (Å²) in [6, 6.07) is 5.85. The summed E-state index contributed by atoms with van der Waals surface area (Å²) in [6.45, 7) is 2.00. The van der Waals surface area contributed by atoms with Crippen LogP contribution in [0.3, 0.4) is 0 Å². The van der Waals surface area contributed by atoms with Crippen molar-refractivity contribution in [1.29, 1.82) is 0 Å². The lowest BCUT2D eigenvalue weighted by atomic mass is 9.76. The number of rotatable bonds is 6. The largest absolute Gasteiger partial charge is 0.496 e. The summed E-state index contributed by atoms with van der Waals surface area (Å²) < 4.78 is 5.27. The van der Waals surface area contributed by atoms with Gasteiger partial charge in [0.15, 0.2) is 0 Å². The maximum Gasteiger partial charge on any atom is 0.303 e. The van der Waals surface area contributed by atoms with Crippen molar-refractivity contribution in [3.05, 3.63) is 29.3 Å². The van der Waals surface area contributed by atoms with E-state index in [2.05, 4.69) is 0 Å².